The number of hydrogen-bond acceptors (Lipinski definition) is 8. The van der Waals surface area contributed by atoms with Gasteiger partial charge in [-0.25, -0.2) is 15.0 Å². The summed E-state index contributed by atoms with van der Waals surface area (Å²) in [5.74, 6) is 0.778. The summed E-state index contributed by atoms with van der Waals surface area (Å²) in [4.78, 5) is 14.9. The van der Waals surface area contributed by atoms with E-state index in [0.29, 0.717) is 13.2 Å². The zero-order valence-corrected chi connectivity index (χ0v) is 17.1. The number of aromatic nitrogens is 3. The first kappa shape index (κ1) is 18.5. The molecule has 0 saturated heterocycles. The Hall–Kier alpha value is -1.87. The Bertz CT molecular complexity index is 998. The summed E-state index contributed by atoms with van der Waals surface area (Å²) >= 11 is 1.62. The van der Waals surface area contributed by atoms with E-state index in [0.717, 1.165) is 38.4 Å². The van der Waals surface area contributed by atoms with E-state index in [4.69, 9.17) is 19.2 Å². The Balaban J connectivity index is 1.86. The van der Waals surface area contributed by atoms with E-state index < -0.39 is 0 Å². The number of fused-ring (bicyclic) bond motifs is 5. The standard InChI is InChI=1S/C19H24N4O3S/c1-10-12-8-26-19(2,3)6-11(12)14-15-16(27-18(14)23-10)17(22-9-21-15)20-7-13(24-4)25-5/h9,13H,6-8H2,1-5H3,(H,20,21,22). The Kier molecular flexibility index (Phi) is 4.75. The van der Waals surface area contributed by atoms with Crippen LogP contribution < -0.4 is 5.32 Å². The van der Waals surface area contributed by atoms with Gasteiger partial charge in [0.25, 0.3) is 0 Å². The molecule has 0 atom stereocenters. The molecule has 0 amide bonds. The quantitative estimate of drug-likeness (QED) is 0.671. The minimum absolute atomic E-state index is 0.194. The number of ether oxygens (including phenoxy) is 3. The second-order valence-corrected chi connectivity index (χ2v) is 8.34. The van der Waals surface area contributed by atoms with Crippen LogP contribution in [0.2, 0.25) is 0 Å². The van der Waals surface area contributed by atoms with E-state index in [1.165, 1.54) is 11.1 Å². The van der Waals surface area contributed by atoms with Gasteiger partial charge in [-0.2, -0.15) is 0 Å². The molecule has 0 aliphatic carbocycles. The lowest BCUT2D eigenvalue weighted by Crippen LogP contribution is -2.32. The first-order valence-corrected chi connectivity index (χ1v) is 9.74. The zero-order valence-electron chi connectivity index (χ0n) is 16.3. The maximum Gasteiger partial charge on any atom is 0.173 e. The van der Waals surface area contributed by atoms with Crippen LogP contribution in [0.4, 0.5) is 5.82 Å². The van der Waals surface area contributed by atoms with E-state index >= 15 is 0 Å². The summed E-state index contributed by atoms with van der Waals surface area (Å²) < 4.78 is 17.5. The molecule has 0 aromatic carbocycles. The lowest BCUT2D eigenvalue weighted by Gasteiger charge is -2.32. The van der Waals surface area contributed by atoms with Gasteiger partial charge >= 0.3 is 0 Å². The first-order valence-electron chi connectivity index (χ1n) is 8.92. The van der Waals surface area contributed by atoms with E-state index in [2.05, 4.69) is 36.1 Å². The molecule has 0 spiro atoms. The lowest BCUT2D eigenvalue weighted by atomic mass is 9.89. The monoisotopic (exact) mass is 388 g/mol. The molecule has 4 rings (SSSR count). The molecule has 1 N–H and O–H groups in total. The molecule has 3 aromatic heterocycles. The van der Waals surface area contributed by atoms with Crippen LogP contribution in [0.3, 0.4) is 0 Å². The molecule has 0 saturated carbocycles. The fourth-order valence-electron chi connectivity index (χ4n) is 3.54. The highest BCUT2D eigenvalue weighted by atomic mass is 32.1. The maximum atomic E-state index is 6.01. The van der Waals surface area contributed by atoms with Crippen molar-refractivity contribution in [3.63, 3.8) is 0 Å². The lowest BCUT2D eigenvalue weighted by molar-refractivity contribution is -0.0914. The summed E-state index contributed by atoms with van der Waals surface area (Å²) in [6.07, 6.45) is 2.11. The highest BCUT2D eigenvalue weighted by molar-refractivity contribution is 7.26. The van der Waals surface area contributed by atoms with Crippen molar-refractivity contribution in [2.75, 3.05) is 26.1 Å². The molecule has 8 heteroatoms. The van der Waals surface area contributed by atoms with Gasteiger partial charge in [0, 0.05) is 37.3 Å². The van der Waals surface area contributed by atoms with Crippen molar-refractivity contribution < 1.29 is 14.2 Å². The average molecular weight is 388 g/mol. The molecule has 7 nitrogen and oxygen atoms in total. The van der Waals surface area contributed by atoms with Crippen LogP contribution in [0.15, 0.2) is 6.33 Å². The van der Waals surface area contributed by atoms with Gasteiger partial charge in [0.2, 0.25) is 0 Å². The Morgan fingerprint density at radius 2 is 2.04 bits per heavy atom. The molecule has 4 heterocycles. The summed E-state index contributed by atoms with van der Waals surface area (Å²) in [5, 5.41) is 4.45. The van der Waals surface area contributed by atoms with E-state index in [9.17, 15) is 0 Å². The van der Waals surface area contributed by atoms with Crippen LogP contribution in [-0.4, -0.2) is 47.6 Å². The third kappa shape index (κ3) is 3.27. The molecule has 1 aliphatic rings. The van der Waals surface area contributed by atoms with E-state index in [-0.39, 0.29) is 11.9 Å². The SMILES string of the molecule is COC(CNc1ncnc2c1sc1nc(C)c3c(c12)CC(C)(C)OC3)OC. The van der Waals surface area contributed by atoms with Gasteiger partial charge < -0.3 is 19.5 Å². The molecular weight excluding hydrogens is 364 g/mol. The van der Waals surface area contributed by atoms with Crippen LogP contribution in [-0.2, 0) is 27.2 Å². The van der Waals surface area contributed by atoms with Gasteiger partial charge in [-0.05, 0) is 26.3 Å². The number of hydrogen-bond donors (Lipinski definition) is 1. The van der Waals surface area contributed by atoms with Crippen molar-refractivity contribution in [1.82, 2.24) is 15.0 Å². The predicted molar refractivity (Wildman–Crippen MR) is 106 cm³/mol. The minimum atomic E-state index is -0.338. The topological polar surface area (TPSA) is 78.4 Å². The summed E-state index contributed by atoms with van der Waals surface area (Å²) in [6.45, 7) is 7.40. The first-order chi connectivity index (χ1) is 12.9. The second kappa shape index (κ2) is 6.94. The number of thiophene rings is 1. The molecule has 0 bridgehead atoms. The molecule has 0 radical (unpaired) electrons. The number of nitrogens with zero attached hydrogens (tertiary/aromatic N) is 3. The number of pyridine rings is 1. The van der Waals surface area contributed by atoms with Gasteiger partial charge in [0.15, 0.2) is 6.29 Å². The third-order valence-electron chi connectivity index (χ3n) is 5.00. The Morgan fingerprint density at radius 1 is 1.26 bits per heavy atom. The zero-order chi connectivity index (χ0) is 19.2. The minimum Gasteiger partial charge on any atom is -0.370 e. The van der Waals surface area contributed by atoms with Crippen LogP contribution in [0.1, 0.15) is 30.7 Å². The van der Waals surface area contributed by atoms with Gasteiger partial charge in [0.1, 0.15) is 17.0 Å². The van der Waals surface area contributed by atoms with Crippen LogP contribution in [0.25, 0.3) is 20.4 Å². The fraction of sp³-hybridized carbons (Fsp3) is 0.526. The molecular formula is C19H24N4O3S. The fourth-order valence-corrected chi connectivity index (χ4v) is 4.71. The third-order valence-corrected chi connectivity index (χ3v) is 6.08. The van der Waals surface area contributed by atoms with Crippen molar-refractivity contribution in [3.8, 4) is 0 Å². The smallest absolute Gasteiger partial charge is 0.173 e. The highest BCUT2D eigenvalue weighted by Gasteiger charge is 2.30. The van der Waals surface area contributed by atoms with Gasteiger partial charge in [-0.1, -0.05) is 0 Å². The molecule has 0 unspecified atom stereocenters. The van der Waals surface area contributed by atoms with E-state index in [1.54, 1.807) is 31.9 Å². The van der Waals surface area contributed by atoms with Crippen molar-refractivity contribution in [3.05, 3.63) is 23.1 Å². The largest absolute Gasteiger partial charge is 0.370 e. The molecule has 3 aromatic rings. The maximum absolute atomic E-state index is 6.01. The molecule has 144 valence electrons. The number of rotatable bonds is 5. The van der Waals surface area contributed by atoms with Gasteiger partial charge in [-0.3, -0.25) is 0 Å². The average Bonchev–Trinajstić information content (AvgIpc) is 3.00. The van der Waals surface area contributed by atoms with Gasteiger partial charge in [0.05, 0.1) is 29.0 Å². The van der Waals surface area contributed by atoms with Crippen molar-refractivity contribution >= 4 is 37.6 Å². The second-order valence-electron chi connectivity index (χ2n) is 7.34. The number of anilines is 1. The predicted octanol–water partition coefficient (Wildman–Crippen LogP) is 3.43. The van der Waals surface area contributed by atoms with Crippen molar-refractivity contribution in [1.29, 1.82) is 0 Å². The van der Waals surface area contributed by atoms with Gasteiger partial charge in [-0.15, -0.1) is 11.3 Å². The molecule has 27 heavy (non-hydrogen) atoms. The molecule has 1 aliphatic heterocycles. The normalized spacial score (nSPS) is 16.2. The highest BCUT2D eigenvalue weighted by Crippen LogP contribution is 2.41. The van der Waals surface area contributed by atoms with Crippen LogP contribution >= 0.6 is 11.3 Å². The van der Waals surface area contributed by atoms with Crippen molar-refractivity contribution in [2.24, 2.45) is 0 Å². The molecule has 0 fully saturated rings. The number of nitrogens with one attached hydrogen (secondary N) is 1. The van der Waals surface area contributed by atoms with Crippen LogP contribution in [0, 0.1) is 6.92 Å². The number of methoxy groups -OCH3 is 2. The summed E-state index contributed by atoms with van der Waals surface area (Å²) in [7, 11) is 3.24. The van der Waals surface area contributed by atoms with Crippen molar-refractivity contribution in [2.45, 2.75) is 45.7 Å². The summed E-state index contributed by atoms with van der Waals surface area (Å²) in [6, 6.07) is 0. The summed E-state index contributed by atoms with van der Waals surface area (Å²) in [5.41, 5.74) is 4.27. The Morgan fingerprint density at radius 3 is 2.78 bits per heavy atom. The van der Waals surface area contributed by atoms with E-state index in [1.807, 2.05) is 0 Å². The number of aryl methyl sites for hydroxylation is 1. The van der Waals surface area contributed by atoms with Crippen LogP contribution in [0.5, 0.6) is 0 Å². The Labute approximate surface area is 162 Å².